The molecule has 7 rings (SSSR count). The van der Waals surface area contributed by atoms with Crippen LogP contribution in [0.1, 0.15) is 130 Å². The number of aliphatic hydroxyl groups is 1. The first kappa shape index (κ1) is 38.6. The summed E-state index contributed by atoms with van der Waals surface area (Å²) in [7, 11) is 0. The molecular weight excluding hydrogens is 679 g/mol. The molecule has 292 valence electrons. The Hall–Kier alpha value is -3.72. The zero-order valence-corrected chi connectivity index (χ0v) is 32.7. The molecule has 9 heteroatoms. The third kappa shape index (κ3) is 6.77. The van der Waals surface area contributed by atoms with Crippen LogP contribution in [0.15, 0.2) is 48.5 Å². The summed E-state index contributed by atoms with van der Waals surface area (Å²) in [6.07, 6.45) is 12.9. The summed E-state index contributed by atoms with van der Waals surface area (Å²) in [5.41, 5.74) is 3.01. The number of hydrogen-bond donors (Lipinski definition) is 5. The summed E-state index contributed by atoms with van der Waals surface area (Å²) in [6, 6.07) is 14.2. The first-order valence-corrected chi connectivity index (χ1v) is 20.6. The Bertz CT molecular complexity index is 1760. The molecule has 54 heavy (non-hydrogen) atoms. The van der Waals surface area contributed by atoms with Gasteiger partial charge in [0.2, 0.25) is 5.91 Å². The van der Waals surface area contributed by atoms with Crippen molar-refractivity contribution in [3.05, 3.63) is 70.8 Å². The first-order chi connectivity index (χ1) is 25.7. The molecule has 9 atom stereocenters. The molecule has 5 aliphatic rings. The van der Waals surface area contributed by atoms with Gasteiger partial charge in [-0.1, -0.05) is 58.4 Å². The molecule has 0 spiro atoms. The lowest BCUT2D eigenvalue weighted by atomic mass is 9.36. The van der Waals surface area contributed by atoms with Crippen LogP contribution < -0.4 is 16.0 Å². The molecule has 9 nitrogen and oxygen atoms in total. The minimum Gasteiger partial charge on any atom is -0.480 e. The molecule has 5 aliphatic carbocycles. The molecule has 0 radical (unpaired) electrons. The molecule has 3 amide bonds. The SMILES string of the molecule is CC1(C)C(O)CCC2(C)C1CCC1(C)C3CCC4(C(=O)NCCc5cccc(C(=O)NCc6ccc(C(=O)NCC(=O)O)cc6)c5)CCCC4C3CCC12. The van der Waals surface area contributed by atoms with Gasteiger partial charge < -0.3 is 26.2 Å². The lowest BCUT2D eigenvalue weighted by Crippen LogP contribution is -2.63. The zero-order valence-electron chi connectivity index (χ0n) is 32.7. The van der Waals surface area contributed by atoms with Gasteiger partial charge in [0.1, 0.15) is 6.54 Å². The monoisotopic (exact) mass is 739 g/mol. The minimum absolute atomic E-state index is 0.0330. The Balaban J connectivity index is 0.934. The number of carbonyl (C=O) groups is 4. The number of aliphatic carboxylic acids is 1. The normalized spacial score (nSPS) is 35.0. The van der Waals surface area contributed by atoms with Gasteiger partial charge >= 0.3 is 5.97 Å². The van der Waals surface area contributed by atoms with Gasteiger partial charge in [-0.15, -0.1) is 0 Å². The van der Waals surface area contributed by atoms with Gasteiger partial charge in [-0.05, 0) is 152 Å². The van der Waals surface area contributed by atoms with Gasteiger partial charge in [0.05, 0.1) is 11.5 Å². The second-order valence-electron chi connectivity index (χ2n) is 18.7. The summed E-state index contributed by atoms with van der Waals surface area (Å²) in [5, 5.41) is 28.4. The lowest BCUT2D eigenvalue weighted by molar-refractivity contribution is -0.214. The van der Waals surface area contributed by atoms with Crippen LogP contribution in [0.2, 0.25) is 0 Å². The fourth-order valence-electron chi connectivity index (χ4n) is 13.3. The number of benzene rings is 2. The summed E-state index contributed by atoms with van der Waals surface area (Å²) in [5.74, 6) is 1.48. The van der Waals surface area contributed by atoms with E-state index in [2.05, 4.69) is 43.6 Å². The number of carboxylic acids is 1. The fraction of sp³-hybridized carbons (Fsp3) is 0.644. The quantitative estimate of drug-likeness (QED) is 0.179. The van der Waals surface area contributed by atoms with Crippen LogP contribution in [0.3, 0.4) is 0 Å². The molecule has 0 heterocycles. The Morgan fingerprint density at radius 2 is 1.44 bits per heavy atom. The summed E-state index contributed by atoms with van der Waals surface area (Å²) >= 11 is 0. The summed E-state index contributed by atoms with van der Waals surface area (Å²) in [4.78, 5) is 50.1. The Morgan fingerprint density at radius 1 is 0.704 bits per heavy atom. The number of hydrogen-bond acceptors (Lipinski definition) is 5. The number of rotatable bonds is 10. The van der Waals surface area contributed by atoms with Gasteiger partial charge in [0.25, 0.3) is 11.8 Å². The van der Waals surface area contributed by atoms with Crippen LogP contribution in [-0.2, 0) is 22.6 Å². The largest absolute Gasteiger partial charge is 0.480 e. The van der Waals surface area contributed by atoms with E-state index in [1.54, 1.807) is 30.3 Å². The van der Waals surface area contributed by atoms with E-state index < -0.39 is 18.4 Å². The van der Waals surface area contributed by atoms with Gasteiger partial charge in [-0.3, -0.25) is 19.2 Å². The topological polar surface area (TPSA) is 145 Å². The fourth-order valence-corrected chi connectivity index (χ4v) is 13.3. The van der Waals surface area contributed by atoms with Crippen molar-refractivity contribution in [3.8, 4) is 0 Å². The van der Waals surface area contributed by atoms with E-state index in [0.717, 1.165) is 56.1 Å². The third-order valence-electron chi connectivity index (χ3n) is 15.9. The van der Waals surface area contributed by atoms with Crippen molar-refractivity contribution in [1.29, 1.82) is 0 Å². The number of carbonyl (C=O) groups excluding carboxylic acids is 3. The Morgan fingerprint density at radius 3 is 2.20 bits per heavy atom. The van der Waals surface area contributed by atoms with E-state index in [9.17, 15) is 24.3 Å². The van der Waals surface area contributed by atoms with Crippen molar-refractivity contribution in [2.75, 3.05) is 13.1 Å². The van der Waals surface area contributed by atoms with Crippen molar-refractivity contribution in [2.45, 2.75) is 117 Å². The van der Waals surface area contributed by atoms with Gasteiger partial charge in [0, 0.05) is 24.2 Å². The van der Waals surface area contributed by atoms with Crippen LogP contribution in [0.4, 0.5) is 0 Å². The average molecular weight is 740 g/mol. The maximum atomic E-state index is 14.2. The van der Waals surface area contributed by atoms with Crippen molar-refractivity contribution in [3.63, 3.8) is 0 Å². The Kier molecular flexibility index (Phi) is 10.5. The van der Waals surface area contributed by atoms with E-state index in [1.165, 1.54) is 25.7 Å². The maximum Gasteiger partial charge on any atom is 0.322 e. The zero-order chi connectivity index (χ0) is 38.5. The molecule has 2 aromatic carbocycles. The highest BCUT2D eigenvalue weighted by molar-refractivity contribution is 5.96. The van der Waals surface area contributed by atoms with Crippen LogP contribution in [0.25, 0.3) is 0 Å². The Labute approximate surface area is 320 Å². The smallest absolute Gasteiger partial charge is 0.322 e. The predicted octanol–water partition coefficient (Wildman–Crippen LogP) is 6.92. The van der Waals surface area contributed by atoms with Crippen molar-refractivity contribution in [1.82, 2.24) is 16.0 Å². The van der Waals surface area contributed by atoms with E-state index in [-0.39, 0.29) is 40.7 Å². The highest BCUT2D eigenvalue weighted by atomic mass is 16.4. The number of nitrogens with one attached hydrogen (secondary N) is 3. The molecule has 5 fully saturated rings. The van der Waals surface area contributed by atoms with E-state index in [4.69, 9.17) is 5.11 Å². The van der Waals surface area contributed by atoms with Crippen molar-refractivity contribution in [2.24, 2.45) is 51.2 Å². The second-order valence-corrected chi connectivity index (χ2v) is 18.7. The van der Waals surface area contributed by atoms with Gasteiger partial charge in [-0.2, -0.15) is 0 Å². The maximum absolute atomic E-state index is 14.2. The molecule has 2 aromatic rings. The molecule has 9 unspecified atom stereocenters. The first-order valence-electron chi connectivity index (χ1n) is 20.6. The second kappa shape index (κ2) is 14.7. The van der Waals surface area contributed by atoms with Crippen molar-refractivity contribution >= 4 is 23.7 Å². The molecule has 5 N–H and O–H groups in total. The average Bonchev–Trinajstić information content (AvgIpc) is 3.61. The third-order valence-corrected chi connectivity index (χ3v) is 15.9. The standard InChI is InChI=1S/C45H61N3O6/c1-42(2)35-17-21-43(3)33-16-23-45(20-6-9-34(45)32(33)14-15-36(43)44(35,4)22-18-37(42)49)41(54)46-24-19-28-7-5-8-31(25-28)40(53)47-26-29-10-12-30(13-11-29)39(52)48-27-38(50)51/h5,7-8,10-13,25,32-37,49H,6,9,14-24,26-27H2,1-4H3,(H,46,54)(H,47,53)(H,48,52)(H,50,51). The number of carboxylic acid groups (broad SMARTS) is 1. The predicted molar refractivity (Wildman–Crippen MR) is 207 cm³/mol. The van der Waals surface area contributed by atoms with Crippen LogP contribution in [0, 0.1) is 51.2 Å². The molecule has 0 saturated heterocycles. The van der Waals surface area contributed by atoms with Crippen LogP contribution in [0.5, 0.6) is 0 Å². The van der Waals surface area contributed by atoms with Crippen molar-refractivity contribution < 1.29 is 29.4 Å². The summed E-state index contributed by atoms with van der Waals surface area (Å²) in [6.45, 7) is 10.2. The minimum atomic E-state index is -1.11. The molecule has 0 aliphatic heterocycles. The van der Waals surface area contributed by atoms with E-state index in [1.807, 2.05) is 18.2 Å². The molecule has 0 aromatic heterocycles. The molecular formula is C45H61N3O6. The van der Waals surface area contributed by atoms with E-state index >= 15 is 0 Å². The highest BCUT2D eigenvalue weighted by Gasteiger charge is 2.67. The van der Waals surface area contributed by atoms with E-state index in [0.29, 0.717) is 59.1 Å². The van der Waals surface area contributed by atoms with Gasteiger partial charge in [-0.25, -0.2) is 0 Å². The number of aliphatic hydroxyl groups excluding tert-OH is 1. The molecule has 5 saturated carbocycles. The highest BCUT2D eigenvalue weighted by Crippen LogP contribution is 2.73. The van der Waals surface area contributed by atoms with Gasteiger partial charge in [0.15, 0.2) is 0 Å². The summed E-state index contributed by atoms with van der Waals surface area (Å²) < 4.78 is 0. The lowest BCUT2D eigenvalue weighted by Gasteiger charge is -2.69. The number of amides is 3. The molecule has 0 bridgehead atoms. The number of fused-ring (bicyclic) bond motifs is 7. The van der Waals surface area contributed by atoms with Crippen LogP contribution in [-0.4, -0.2) is 53.1 Å². The van der Waals surface area contributed by atoms with Crippen LogP contribution >= 0.6 is 0 Å².